The Morgan fingerprint density at radius 2 is 1.88 bits per heavy atom. The highest BCUT2D eigenvalue weighted by Crippen LogP contribution is 2.25. The number of anilines is 2. The quantitative estimate of drug-likeness (QED) is 0.709. The van der Waals surface area contributed by atoms with Crippen molar-refractivity contribution in [1.82, 2.24) is 5.32 Å². The molecular formula is C16H23N3O5S. The molecule has 1 aromatic carbocycles. The predicted octanol–water partition coefficient (Wildman–Crippen LogP) is 1.99. The Balaban J connectivity index is 1.94. The van der Waals surface area contributed by atoms with Gasteiger partial charge >= 0.3 is 12.0 Å². The third kappa shape index (κ3) is 5.35. The van der Waals surface area contributed by atoms with Gasteiger partial charge in [-0.25, -0.2) is 13.2 Å². The monoisotopic (exact) mass is 369 g/mol. The molecule has 0 aromatic heterocycles. The van der Waals surface area contributed by atoms with Gasteiger partial charge in [0.2, 0.25) is 10.0 Å². The van der Waals surface area contributed by atoms with E-state index in [1.807, 2.05) is 0 Å². The van der Waals surface area contributed by atoms with Crippen LogP contribution in [0.15, 0.2) is 24.3 Å². The number of rotatable bonds is 6. The standard InChI is InChI=1S/C16H23N3O5S/c1-16(2,9-8-14(20)21)18-15(22)17-12-4-6-13(7-5-12)19-10-3-11-25(19,23)24/h4-7H,3,8-11H2,1-2H3,(H,20,21)(H2,17,18,22). The first-order valence-corrected chi connectivity index (χ1v) is 9.61. The third-order valence-corrected chi connectivity index (χ3v) is 5.80. The van der Waals surface area contributed by atoms with Crippen LogP contribution < -0.4 is 14.9 Å². The van der Waals surface area contributed by atoms with E-state index >= 15 is 0 Å². The summed E-state index contributed by atoms with van der Waals surface area (Å²) in [6.45, 7) is 3.96. The van der Waals surface area contributed by atoms with Crippen molar-refractivity contribution in [1.29, 1.82) is 0 Å². The Morgan fingerprint density at radius 3 is 2.40 bits per heavy atom. The SMILES string of the molecule is CC(C)(CCC(=O)O)NC(=O)Nc1ccc(N2CCCS2(=O)=O)cc1. The minimum Gasteiger partial charge on any atom is -0.481 e. The summed E-state index contributed by atoms with van der Waals surface area (Å²) in [5.41, 5.74) is 0.434. The summed E-state index contributed by atoms with van der Waals surface area (Å²) in [4.78, 5) is 22.7. The second-order valence-electron chi connectivity index (χ2n) is 6.65. The fraction of sp³-hybridized carbons (Fsp3) is 0.500. The van der Waals surface area contributed by atoms with Gasteiger partial charge in [-0.15, -0.1) is 0 Å². The number of amides is 2. The highest BCUT2D eigenvalue weighted by atomic mass is 32.2. The molecule has 8 nitrogen and oxygen atoms in total. The van der Waals surface area contributed by atoms with Gasteiger partial charge in [0.25, 0.3) is 0 Å². The number of hydrogen-bond acceptors (Lipinski definition) is 4. The van der Waals surface area contributed by atoms with E-state index in [1.54, 1.807) is 38.1 Å². The summed E-state index contributed by atoms with van der Waals surface area (Å²) < 4.78 is 25.2. The Hall–Kier alpha value is -2.29. The molecule has 0 radical (unpaired) electrons. The number of carbonyl (C=O) groups excluding carboxylic acids is 1. The summed E-state index contributed by atoms with van der Waals surface area (Å²) in [5.74, 6) is -0.761. The average Bonchev–Trinajstić information content (AvgIpc) is 2.85. The van der Waals surface area contributed by atoms with Crippen molar-refractivity contribution >= 4 is 33.4 Å². The summed E-state index contributed by atoms with van der Waals surface area (Å²) in [6.07, 6.45) is 0.879. The van der Waals surface area contributed by atoms with Crippen LogP contribution in [0.3, 0.4) is 0 Å². The number of nitrogens with one attached hydrogen (secondary N) is 2. The van der Waals surface area contributed by atoms with Gasteiger partial charge in [-0.3, -0.25) is 9.10 Å². The molecule has 0 spiro atoms. The number of sulfonamides is 1. The van der Waals surface area contributed by atoms with Crippen LogP contribution in [0.1, 0.15) is 33.1 Å². The molecule has 0 unspecified atom stereocenters. The predicted molar refractivity (Wildman–Crippen MR) is 95.3 cm³/mol. The molecule has 0 aliphatic carbocycles. The lowest BCUT2D eigenvalue weighted by Crippen LogP contribution is -2.45. The summed E-state index contributed by atoms with van der Waals surface area (Å²) in [6, 6.07) is 6.11. The first-order valence-electron chi connectivity index (χ1n) is 8.00. The number of benzene rings is 1. The van der Waals surface area contributed by atoms with Crippen molar-refractivity contribution in [2.75, 3.05) is 21.9 Å². The van der Waals surface area contributed by atoms with Crippen LogP contribution in [-0.4, -0.2) is 43.4 Å². The lowest BCUT2D eigenvalue weighted by Gasteiger charge is -2.25. The molecule has 1 heterocycles. The Labute approximate surface area is 147 Å². The molecule has 1 aliphatic rings. The normalized spacial score (nSPS) is 16.5. The molecule has 25 heavy (non-hydrogen) atoms. The van der Waals surface area contributed by atoms with Crippen LogP contribution in [0.2, 0.25) is 0 Å². The average molecular weight is 369 g/mol. The van der Waals surface area contributed by atoms with Crippen molar-refractivity contribution in [2.45, 2.75) is 38.6 Å². The number of urea groups is 1. The molecule has 138 valence electrons. The molecule has 2 rings (SSSR count). The zero-order valence-corrected chi connectivity index (χ0v) is 15.1. The van der Waals surface area contributed by atoms with Crippen LogP contribution in [0.5, 0.6) is 0 Å². The first-order chi connectivity index (χ1) is 11.6. The van der Waals surface area contributed by atoms with Gasteiger partial charge in [0, 0.05) is 24.2 Å². The van der Waals surface area contributed by atoms with Gasteiger partial charge in [-0.1, -0.05) is 0 Å². The molecule has 2 amide bonds. The largest absolute Gasteiger partial charge is 0.481 e. The van der Waals surface area contributed by atoms with Crippen LogP contribution in [-0.2, 0) is 14.8 Å². The van der Waals surface area contributed by atoms with E-state index in [0.29, 0.717) is 30.8 Å². The van der Waals surface area contributed by atoms with Crippen molar-refractivity contribution in [3.8, 4) is 0 Å². The number of hydrogen-bond donors (Lipinski definition) is 3. The maximum atomic E-state index is 12.0. The van der Waals surface area contributed by atoms with Gasteiger partial charge in [-0.05, 0) is 51.0 Å². The third-order valence-electron chi connectivity index (χ3n) is 3.93. The van der Waals surface area contributed by atoms with Crippen LogP contribution >= 0.6 is 0 Å². The lowest BCUT2D eigenvalue weighted by molar-refractivity contribution is -0.137. The van der Waals surface area contributed by atoms with E-state index in [9.17, 15) is 18.0 Å². The van der Waals surface area contributed by atoms with Gasteiger partial charge < -0.3 is 15.7 Å². The molecule has 1 fully saturated rings. The first kappa shape index (κ1) is 19.0. The van der Waals surface area contributed by atoms with Crippen molar-refractivity contribution in [3.63, 3.8) is 0 Å². The minimum atomic E-state index is -3.23. The number of carboxylic acid groups (broad SMARTS) is 1. The molecule has 0 saturated carbocycles. The molecule has 0 atom stereocenters. The smallest absolute Gasteiger partial charge is 0.319 e. The molecule has 1 aliphatic heterocycles. The molecular weight excluding hydrogens is 346 g/mol. The summed E-state index contributed by atoms with van der Waals surface area (Å²) in [5, 5.41) is 14.1. The van der Waals surface area contributed by atoms with E-state index < -0.39 is 27.6 Å². The van der Waals surface area contributed by atoms with Gasteiger partial charge in [0.15, 0.2) is 0 Å². The lowest BCUT2D eigenvalue weighted by atomic mass is 9.99. The van der Waals surface area contributed by atoms with Gasteiger partial charge in [-0.2, -0.15) is 0 Å². The van der Waals surface area contributed by atoms with E-state index in [0.717, 1.165) is 0 Å². The molecule has 9 heteroatoms. The summed E-state index contributed by atoms with van der Waals surface area (Å²) >= 11 is 0. The molecule has 1 aromatic rings. The highest BCUT2D eigenvalue weighted by Gasteiger charge is 2.28. The second-order valence-corrected chi connectivity index (χ2v) is 8.66. The molecule has 3 N–H and O–H groups in total. The maximum Gasteiger partial charge on any atom is 0.319 e. The van der Waals surface area contributed by atoms with Gasteiger partial charge in [0.1, 0.15) is 0 Å². The highest BCUT2D eigenvalue weighted by molar-refractivity contribution is 7.93. The Morgan fingerprint density at radius 1 is 1.24 bits per heavy atom. The van der Waals surface area contributed by atoms with Crippen LogP contribution in [0, 0.1) is 0 Å². The van der Waals surface area contributed by atoms with E-state index in [1.165, 1.54) is 4.31 Å². The van der Waals surface area contributed by atoms with Gasteiger partial charge in [0.05, 0.1) is 11.4 Å². The van der Waals surface area contributed by atoms with Crippen molar-refractivity contribution < 1.29 is 23.1 Å². The van der Waals surface area contributed by atoms with E-state index in [4.69, 9.17) is 5.11 Å². The van der Waals surface area contributed by atoms with E-state index in [-0.39, 0.29) is 12.2 Å². The van der Waals surface area contributed by atoms with Crippen LogP contribution in [0.4, 0.5) is 16.2 Å². The van der Waals surface area contributed by atoms with E-state index in [2.05, 4.69) is 10.6 Å². The second kappa shape index (κ2) is 7.30. The maximum absolute atomic E-state index is 12.0. The van der Waals surface area contributed by atoms with Crippen LogP contribution in [0.25, 0.3) is 0 Å². The molecule has 1 saturated heterocycles. The fourth-order valence-electron chi connectivity index (χ4n) is 2.59. The Bertz CT molecular complexity index is 744. The fourth-order valence-corrected chi connectivity index (χ4v) is 4.16. The summed E-state index contributed by atoms with van der Waals surface area (Å²) in [7, 11) is -3.23. The Kier molecular flexibility index (Phi) is 5.56. The minimum absolute atomic E-state index is 0.0354. The zero-order chi connectivity index (χ0) is 18.7. The van der Waals surface area contributed by atoms with Crippen molar-refractivity contribution in [3.05, 3.63) is 24.3 Å². The number of nitrogens with zero attached hydrogens (tertiary/aromatic N) is 1. The zero-order valence-electron chi connectivity index (χ0n) is 14.3. The number of carboxylic acids is 1. The molecule has 0 bridgehead atoms. The van der Waals surface area contributed by atoms with Crippen molar-refractivity contribution in [2.24, 2.45) is 0 Å². The number of aliphatic carboxylic acids is 1. The number of carbonyl (C=O) groups is 2. The topological polar surface area (TPSA) is 116 Å².